The molecule has 2 aromatic carbocycles. The summed E-state index contributed by atoms with van der Waals surface area (Å²) in [5.74, 6) is 0.661. The molecule has 4 rings (SSSR count). The highest BCUT2D eigenvalue weighted by Gasteiger charge is 2.48. The molecule has 0 unspecified atom stereocenters. The van der Waals surface area contributed by atoms with Gasteiger partial charge in [0.1, 0.15) is 0 Å². The highest BCUT2D eigenvalue weighted by molar-refractivity contribution is 5.50. The van der Waals surface area contributed by atoms with Crippen molar-refractivity contribution in [3.05, 3.63) is 65.2 Å². The van der Waals surface area contributed by atoms with Crippen molar-refractivity contribution in [1.29, 1.82) is 0 Å². The number of hydrogen-bond acceptors (Lipinski definition) is 2. The van der Waals surface area contributed by atoms with E-state index in [0.29, 0.717) is 12.0 Å². The summed E-state index contributed by atoms with van der Waals surface area (Å²) in [5, 5.41) is 0. The third-order valence-electron chi connectivity index (χ3n) is 6.38. The van der Waals surface area contributed by atoms with E-state index in [1.807, 2.05) is 0 Å². The minimum absolute atomic E-state index is 0.265. The molecular formula is C21H26N2. The lowest BCUT2D eigenvalue weighted by molar-refractivity contribution is 0.0259. The first-order chi connectivity index (χ1) is 11.1. The van der Waals surface area contributed by atoms with E-state index in [-0.39, 0.29) is 5.41 Å². The number of anilines is 1. The lowest BCUT2D eigenvalue weighted by Crippen LogP contribution is -2.57. The van der Waals surface area contributed by atoms with Crippen LogP contribution in [-0.4, -0.2) is 17.5 Å². The molecule has 1 aliphatic carbocycles. The molecule has 2 aromatic rings. The summed E-state index contributed by atoms with van der Waals surface area (Å²) >= 11 is 0. The van der Waals surface area contributed by atoms with Crippen LogP contribution >= 0.6 is 0 Å². The smallest absolute Gasteiger partial charge is 0.0317 e. The van der Waals surface area contributed by atoms with Gasteiger partial charge in [0.25, 0.3) is 0 Å². The number of nitrogen functional groups attached to an aromatic ring is 1. The molecule has 2 bridgehead atoms. The van der Waals surface area contributed by atoms with E-state index in [1.165, 1.54) is 29.7 Å². The van der Waals surface area contributed by atoms with Crippen LogP contribution in [0.2, 0.25) is 0 Å². The molecule has 1 fully saturated rings. The number of piperidine rings is 1. The van der Waals surface area contributed by atoms with Crippen molar-refractivity contribution in [2.75, 3.05) is 12.3 Å². The quantitative estimate of drug-likeness (QED) is 0.850. The van der Waals surface area contributed by atoms with Crippen LogP contribution in [-0.2, 0) is 18.4 Å². The van der Waals surface area contributed by atoms with Crippen LogP contribution < -0.4 is 5.73 Å². The van der Waals surface area contributed by atoms with Crippen LogP contribution in [0.5, 0.6) is 0 Å². The summed E-state index contributed by atoms with van der Waals surface area (Å²) in [7, 11) is 0. The molecule has 1 heterocycles. The second kappa shape index (κ2) is 5.38. The summed E-state index contributed by atoms with van der Waals surface area (Å²) in [4.78, 5) is 2.70. The average Bonchev–Trinajstić information content (AvgIpc) is 2.55. The summed E-state index contributed by atoms with van der Waals surface area (Å²) in [6.45, 7) is 7.13. The van der Waals surface area contributed by atoms with Crippen molar-refractivity contribution in [3.63, 3.8) is 0 Å². The molecule has 2 nitrogen and oxygen atoms in total. The summed E-state index contributed by atoms with van der Waals surface area (Å²) in [5.41, 5.74) is 11.7. The van der Waals surface area contributed by atoms with Gasteiger partial charge in [0.15, 0.2) is 0 Å². The van der Waals surface area contributed by atoms with Crippen molar-refractivity contribution in [2.24, 2.45) is 5.92 Å². The summed E-state index contributed by atoms with van der Waals surface area (Å²) in [6.07, 6.45) is 2.37. The fraction of sp³-hybridized carbons (Fsp3) is 0.429. The zero-order valence-electron chi connectivity index (χ0n) is 14.1. The van der Waals surface area contributed by atoms with Crippen molar-refractivity contribution in [1.82, 2.24) is 4.90 Å². The molecule has 1 aliphatic heterocycles. The third kappa shape index (κ3) is 2.36. The van der Waals surface area contributed by atoms with Gasteiger partial charge in [-0.15, -0.1) is 0 Å². The first kappa shape index (κ1) is 14.8. The van der Waals surface area contributed by atoms with Crippen LogP contribution in [0.4, 0.5) is 5.69 Å². The normalized spacial score (nSPS) is 30.0. The number of nitrogens with two attached hydrogens (primary N) is 1. The van der Waals surface area contributed by atoms with Crippen LogP contribution in [0.1, 0.15) is 37.0 Å². The molecule has 0 spiro atoms. The Morgan fingerprint density at radius 1 is 1.17 bits per heavy atom. The Kier molecular flexibility index (Phi) is 3.46. The number of hydrogen-bond donors (Lipinski definition) is 1. The average molecular weight is 306 g/mol. The largest absolute Gasteiger partial charge is 0.399 e. The number of benzene rings is 2. The molecule has 0 saturated carbocycles. The van der Waals surface area contributed by atoms with Gasteiger partial charge >= 0.3 is 0 Å². The van der Waals surface area contributed by atoms with Gasteiger partial charge in [0.05, 0.1) is 0 Å². The van der Waals surface area contributed by atoms with E-state index in [1.54, 1.807) is 0 Å². The van der Waals surface area contributed by atoms with Gasteiger partial charge in [-0.1, -0.05) is 50.2 Å². The van der Waals surface area contributed by atoms with E-state index >= 15 is 0 Å². The van der Waals surface area contributed by atoms with E-state index < -0.39 is 0 Å². The SMILES string of the molecule is C[C@@H]1[C@@H]2Cc3ccc(N)cc3[C@@]1(C)CCN2Cc1ccccc1. The van der Waals surface area contributed by atoms with Crippen LogP contribution in [0.3, 0.4) is 0 Å². The molecular weight excluding hydrogens is 280 g/mol. The lowest BCUT2D eigenvalue weighted by atomic mass is 9.59. The maximum Gasteiger partial charge on any atom is 0.0317 e. The molecule has 3 atom stereocenters. The Balaban J connectivity index is 1.67. The zero-order chi connectivity index (χ0) is 16.0. The Morgan fingerprint density at radius 3 is 2.74 bits per heavy atom. The molecule has 2 aliphatic rings. The number of fused-ring (bicyclic) bond motifs is 4. The first-order valence-corrected chi connectivity index (χ1v) is 8.75. The fourth-order valence-corrected chi connectivity index (χ4v) is 4.74. The highest BCUT2D eigenvalue weighted by atomic mass is 15.2. The number of nitrogens with zero attached hydrogens (tertiary/aromatic N) is 1. The van der Waals surface area contributed by atoms with E-state index in [4.69, 9.17) is 5.73 Å². The second-order valence-corrected chi connectivity index (χ2v) is 7.60. The molecule has 2 heteroatoms. The van der Waals surface area contributed by atoms with Gasteiger partial charge in [0.2, 0.25) is 0 Å². The predicted molar refractivity (Wildman–Crippen MR) is 96.3 cm³/mol. The number of rotatable bonds is 2. The van der Waals surface area contributed by atoms with Crippen molar-refractivity contribution < 1.29 is 0 Å². The monoisotopic (exact) mass is 306 g/mol. The van der Waals surface area contributed by atoms with E-state index in [2.05, 4.69) is 67.3 Å². The molecule has 1 saturated heterocycles. The second-order valence-electron chi connectivity index (χ2n) is 7.60. The van der Waals surface area contributed by atoms with E-state index in [9.17, 15) is 0 Å². The minimum Gasteiger partial charge on any atom is -0.399 e. The molecule has 23 heavy (non-hydrogen) atoms. The maximum atomic E-state index is 6.07. The highest BCUT2D eigenvalue weighted by Crippen LogP contribution is 2.49. The van der Waals surface area contributed by atoms with Gasteiger partial charge in [-0.2, -0.15) is 0 Å². The van der Waals surface area contributed by atoms with Crippen LogP contribution in [0.25, 0.3) is 0 Å². The molecule has 2 N–H and O–H groups in total. The van der Waals surface area contributed by atoms with Gasteiger partial charge in [-0.25, -0.2) is 0 Å². The lowest BCUT2D eigenvalue weighted by Gasteiger charge is -2.54. The van der Waals surface area contributed by atoms with Crippen molar-refractivity contribution in [2.45, 2.75) is 44.7 Å². The molecule has 0 radical (unpaired) electrons. The fourth-order valence-electron chi connectivity index (χ4n) is 4.74. The predicted octanol–water partition coefficient (Wildman–Crippen LogP) is 3.99. The minimum atomic E-state index is 0.265. The van der Waals surface area contributed by atoms with E-state index in [0.717, 1.165) is 18.7 Å². The molecule has 0 amide bonds. The summed E-state index contributed by atoms with van der Waals surface area (Å²) in [6, 6.07) is 18.1. The maximum absolute atomic E-state index is 6.07. The van der Waals surface area contributed by atoms with Gasteiger partial charge in [-0.3, -0.25) is 4.90 Å². The topological polar surface area (TPSA) is 29.3 Å². The van der Waals surface area contributed by atoms with Crippen LogP contribution in [0, 0.1) is 5.92 Å². The van der Waals surface area contributed by atoms with Crippen molar-refractivity contribution in [3.8, 4) is 0 Å². The zero-order valence-corrected chi connectivity index (χ0v) is 14.1. The molecule has 0 aromatic heterocycles. The standard InChI is InChI=1S/C21H26N2/c1-15-20-12-17-8-9-18(22)13-19(17)21(15,2)10-11-23(20)14-16-6-4-3-5-7-16/h3-9,13,15,20H,10-12,14,22H2,1-2H3/t15-,20+,21+/m1/s1. The Morgan fingerprint density at radius 2 is 1.96 bits per heavy atom. The first-order valence-electron chi connectivity index (χ1n) is 8.75. The van der Waals surface area contributed by atoms with Crippen molar-refractivity contribution >= 4 is 5.69 Å². The van der Waals surface area contributed by atoms with Crippen LogP contribution in [0.15, 0.2) is 48.5 Å². The van der Waals surface area contributed by atoms with Gasteiger partial charge in [-0.05, 0) is 59.5 Å². The Hall–Kier alpha value is -1.80. The number of likely N-dealkylation sites (tertiary alicyclic amines) is 1. The Bertz CT molecular complexity index is 709. The summed E-state index contributed by atoms with van der Waals surface area (Å²) < 4.78 is 0. The molecule has 120 valence electrons. The van der Waals surface area contributed by atoms with Gasteiger partial charge < -0.3 is 5.73 Å². The van der Waals surface area contributed by atoms with Gasteiger partial charge in [0, 0.05) is 18.3 Å². The third-order valence-corrected chi connectivity index (χ3v) is 6.38. The Labute approximate surface area is 139 Å².